The van der Waals surface area contributed by atoms with Crippen LogP contribution in [0, 0.1) is 11.6 Å². The molecule has 0 fully saturated rings. The second kappa shape index (κ2) is 4.74. The fraction of sp³-hybridized carbons (Fsp3) is 0.222. The molecule has 0 aliphatic carbocycles. The van der Waals surface area contributed by atoms with Crippen LogP contribution in [-0.2, 0) is 11.2 Å². The molecule has 1 aromatic rings. The van der Waals surface area contributed by atoms with Crippen molar-refractivity contribution in [3.8, 4) is 0 Å². The Morgan fingerprint density at radius 2 is 1.93 bits per heavy atom. The summed E-state index contributed by atoms with van der Waals surface area (Å²) in [6.45, 7) is 0. The largest absolute Gasteiger partial charge is 0.296 e. The van der Waals surface area contributed by atoms with Gasteiger partial charge < -0.3 is 0 Å². The van der Waals surface area contributed by atoms with Gasteiger partial charge in [-0.2, -0.15) is 0 Å². The molecule has 1 rings (SSSR count). The van der Waals surface area contributed by atoms with Gasteiger partial charge in [0.1, 0.15) is 11.6 Å². The van der Waals surface area contributed by atoms with Gasteiger partial charge in [0.25, 0.3) is 6.43 Å². The summed E-state index contributed by atoms with van der Waals surface area (Å²) < 4.78 is 49.9. The third-order valence-corrected chi connectivity index (χ3v) is 2.35. The third kappa shape index (κ3) is 2.77. The van der Waals surface area contributed by atoms with Crippen molar-refractivity contribution in [2.75, 3.05) is 0 Å². The maximum absolute atomic E-state index is 13.2. The molecule has 1 nitrogen and oxygen atoms in total. The maximum atomic E-state index is 13.2. The van der Waals surface area contributed by atoms with Crippen molar-refractivity contribution >= 4 is 21.7 Å². The Morgan fingerprint density at radius 3 is 2.47 bits per heavy atom. The fourth-order valence-corrected chi connectivity index (χ4v) is 1.35. The summed E-state index contributed by atoms with van der Waals surface area (Å²) in [7, 11) is 0. The highest BCUT2D eigenvalue weighted by Gasteiger charge is 2.21. The first-order chi connectivity index (χ1) is 6.93. The molecule has 0 N–H and O–H groups in total. The van der Waals surface area contributed by atoms with Gasteiger partial charge in [0, 0.05) is 12.0 Å². The molecular formula is C9H5BrF4O. The Balaban J connectivity index is 3.04. The number of hydrogen-bond donors (Lipinski definition) is 0. The van der Waals surface area contributed by atoms with Gasteiger partial charge in [-0.15, -0.1) is 0 Å². The summed E-state index contributed by atoms with van der Waals surface area (Å²) in [5.41, 5.74) is -0.644. The van der Waals surface area contributed by atoms with Gasteiger partial charge in [-0.25, -0.2) is 17.6 Å². The van der Waals surface area contributed by atoms with Gasteiger partial charge in [-0.05, 0) is 28.1 Å². The summed E-state index contributed by atoms with van der Waals surface area (Å²) >= 11 is 2.77. The normalized spacial score (nSPS) is 10.8. The van der Waals surface area contributed by atoms with Crippen molar-refractivity contribution < 1.29 is 22.4 Å². The summed E-state index contributed by atoms with van der Waals surface area (Å²) in [5.74, 6) is -3.54. The van der Waals surface area contributed by atoms with Gasteiger partial charge >= 0.3 is 0 Å². The number of ketones is 1. The predicted molar refractivity (Wildman–Crippen MR) is 48.8 cm³/mol. The van der Waals surface area contributed by atoms with E-state index in [4.69, 9.17) is 0 Å². The summed E-state index contributed by atoms with van der Waals surface area (Å²) in [5, 5.41) is 0. The van der Waals surface area contributed by atoms with Crippen LogP contribution in [0.15, 0.2) is 16.6 Å². The first-order valence-corrected chi connectivity index (χ1v) is 4.66. The zero-order valence-corrected chi connectivity index (χ0v) is 8.82. The number of benzene rings is 1. The van der Waals surface area contributed by atoms with Crippen molar-refractivity contribution in [3.05, 3.63) is 33.8 Å². The van der Waals surface area contributed by atoms with E-state index >= 15 is 0 Å². The molecule has 0 aliphatic heterocycles. The van der Waals surface area contributed by atoms with E-state index in [0.29, 0.717) is 0 Å². The molecule has 0 aliphatic rings. The van der Waals surface area contributed by atoms with E-state index in [9.17, 15) is 22.4 Å². The van der Waals surface area contributed by atoms with Gasteiger partial charge in [0.2, 0.25) is 5.78 Å². The Bertz CT molecular complexity index is 392. The Hall–Kier alpha value is -0.910. The minimum atomic E-state index is -3.22. The van der Waals surface area contributed by atoms with E-state index < -0.39 is 35.8 Å². The molecule has 6 heteroatoms. The first kappa shape index (κ1) is 12.2. The Morgan fingerprint density at radius 1 is 1.33 bits per heavy atom. The molecule has 0 amide bonds. The fourth-order valence-electron chi connectivity index (χ4n) is 0.982. The minimum absolute atomic E-state index is 0.0685. The van der Waals surface area contributed by atoms with Crippen LogP contribution in [0.5, 0.6) is 0 Å². The van der Waals surface area contributed by atoms with Crippen LogP contribution in [-0.4, -0.2) is 12.2 Å². The lowest BCUT2D eigenvalue weighted by atomic mass is 10.1. The van der Waals surface area contributed by atoms with E-state index in [1.165, 1.54) is 0 Å². The van der Waals surface area contributed by atoms with Crippen LogP contribution in [0.1, 0.15) is 5.56 Å². The Kier molecular flexibility index (Phi) is 3.84. The second-order valence-corrected chi connectivity index (χ2v) is 3.62. The smallest absolute Gasteiger partial charge is 0.293 e. The molecule has 0 bridgehead atoms. The van der Waals surface area contributed by atoms with Crippen molar-refractivity contribution in [2.45, 2.75) is 12.8 Å². The molecule has 82 valence electrons. The van der Waals surface area contributed by atoms with Gasteiger partial charge in [-0.1, -0.05) is 0 Å². The van der Waals surface area contributed by atoms with Gasteiger partial charge in [0.05, 0.1) is 4.47 Å². The summed E-state index contributed by atoms with van der Waals surface area (Å²) in [6, 6.07) is 2.00. The third-order valence-electron chi connectivity index (χ3n) is 1.73. The molecule has 15 heavy (non-hydrogen) atoms. The van der Waals surface area contributed by atoms with E-state index in [0.717, 1.165) is 12.1 Å². The standard InChI is InChI=1S/C9H5BrF4O/c10-5-1-2-6(11)4(8(5)12)3-7(15)9(13)14/h1-2,9H,3H2. The van der Waals surface area contributed by atoms with Crippen molar-refractivity contribution in [3.63, 3.8) is 0 Å². The molecule has 0 heterocycles. The number of carbonyl (C=O) groups is 1. The maximum Gasteiger partial charge on any atom is 0.296 e. The van der Waals surface area contributed by atoms with Crippen LogP contribution in [0.4, 0.5) is 17.6 Å². The number of rotatable bonds is 3. The minimum Gasteiger partial charge on any atom is -0.293 e. The topological polar surface area (TPSA) is 17.1 Å². The number of alkyl halides is 2. The molecule has 0 saturated carbocycles. The highest BCUT2D eigenvalue weighted by Crippen LogP contribution is 2.22. The second-order valence-electron chi connectivity index (χ2n) is 2.77. The molecule has 0 saturated heterocycles. The molecule has 0 spiro atoms. The first-order valence-electron chi connectivity index (χ1n) is 3.86. The number of halogens is 5. The molecule has 0 unspecified atom stereocenters. The summed E-state index contributed by atoms with van der Waals surface area (Å²) in [4.78, 5) is 10.6. The lowest BCUT2D eigenvalue weighted by molar-refractivity contribution is -0.128. The van der Waals surface area contributed by atoms with Crippen LogP contribution in [0.2, 0.25) is 0 Å². The van der Waals surface area contributed by atoms with Crippen molar-refractivity contribution in [2.24, 2.45) is 0 Å². The lowest BCUT2D eigenvalue weighted by Gasteiger charge is -2.05. The quantitative estimate of drug-likeness (QED) is 0.616. The lowest BCUT2D eigenvalue weighted by Crippen LogP contribution is -2.15. The molecular weight excluding hydrogens is 280 g/mol. The zero-order valence-electron chi connectivity index (χ0n) is 7.24. The van der Waals surface area contributed by atoms with Crippen molar-refractivity contribution in [1.29, 1.82) is 0 Å². The van der Waals surface area contributed by atoms with Crippen LogP contribution < -0.4 is 0 Å². The zero-order chi connectivity index (χ0) is 11.6. The Labute approximate surface area is 91.2 Å². The highest BCUT2D eigenvalue weighted by molar-refractivity contribution is 9.10. The average molecular weight is 285 g/mol. The summed E-state index contributed by atoms with van der Waals surface area (Å²) in [6.07, 6.45) is -4.17. The van der Waals surface area contributed by atoms with E-state index in [1.807, 2.05) is 0 Å². The molecule has 0 atom stereocenters. The molecule has 0 aromatic heterocycles. The van der Waals surface area contributed by atoms with E-state index in [2.05, 4.69) is 15.9 Å². The van der Waals surface area contributed by atoms with Crippen LogP contribution >= 0.6 is 15.9 Å². The number of carbonyl (C=O) groups excluding carboxylic acids is 1. The van der Waals surface area contributed by atoms with Crippen LogP contribution in [0.25, 0.3) is 0 Å². The molecule has 1 aromatic carbocycles. The van der Waals surface area contributed by atoms with Gasteiger partial charge in [0.15, 0.2) is 0 Å². The monoisotopic (exact) mass is 284 g/mol. The van der Waals surface area contributed by atoms with Crippen molar-refractivity contribution in [1.82, 2.24) is 0 Å². The SMILES string of the molecule is O=C(Cc1c(F)ccc(Br)c1F)C(F)F. The number of Topliss-reactive ketones (excluding diaryl/α,β-unsaturated/α-hetero) is 1. The molecule has 0 radical (unpaired) electrons. The van der Waals surface area contributed by atoms with E-state index in [-0.39, 0.29) is 4.47 Å². The average Bonchev–Trinajstić information content (AvgIpc) is 2.18. The van der Waals surface area contributed by atoms with Gasteiger partial charge in [-0.3, -0.25) is 4.79 Å². The van der Waals surface area contributed by atoms with Crippen LogP contribution in [0.3, 0.4) is 0 Å². The van der Waals surface area contributed by atoms with E-state index in [1.54, 1.807) is 0 Å². The highest BCUT2D eigenvalue weighted by atomic mass is 79.9. The number of hydrogen-bond acceptors (Lipinski definition) is 1. The predicted octanol–water partition coefficient (Wildman–Crippen LogP) is 3.10.